The summed E-state index contributed by atoms with van der Waals surface area (Å²) in [4.78, 5) is 34.3. The van der Waals surface area contributed by atoms with Crippen molar-refractivity contribution >= 4 is 50.2 Å². The van der Waals surface area contributed by atoms with Crippen molar-refractivity contribution in [1.82, 2.24) is 19.2 Å². The zero-order valence-corrected chi connectivity index (χ0v) is 38.4. The molecule has 1 saturated carbocycles. The predicted octanol–water partition coefficient (Wildman–Crippen LogP) is 9.40. The molecule has 0 unspecified atom stereocenters. The van der Waals surface area contributed by atoms with E-state index in [1.807, 2.05) is 35.9 Å². The van der Waals surface area contributed by atoms with Gasteiger partial charge in [-0.1, -0.05) is 43.2 Å². The molecule has 1 amide bonds. The number of rotatable bonds is 14. The van der Waals surface area contributed by atoms with E-state index in [4.69, 9.17) is 21.1 Å². The molecule has 3 aromatic rings. The number of piperazine rings is 1. The Labute approximate surface area is 380 Å². The molecule has 0 atom stereocenters. The predicted molar refractivity (Wildman–Crippen MR) is 250 cm³/mol. The lowest BCUT2D eigenvalue weighted by Gasteiger charge is -2.39. The van der Waals surface area contributed by atoms with E-state index in [9.17, 15) is 23.3 Å². The quantitative estimate of drug-likeness (QED) is 0.0807. The highest BCUT2D eigenvalue weighted by molar-refractivity contribution is 7.90. The molecule has 5 aliphatic rings. The van der Waals surface area contributed by atoms with E-state index in [0.29, 0.717) is 18.2 Å². The number of fused-ring (bicyclic) bond motifs is 1. The molecule has 0 radical (unpaired) electrons. The third kappa shape index (κ3) is 10.4. The molecule has 64 heavy (non-hydrogen) atoms. The summed E-state index contributed by atoms with van der Waals surface area (Å²) in [5, 5.41) is 16.1. The second-order valence-electron chi connectivity index (χ2n) is 18.1. The first kappa shape index (κ1) is 45.1. The number of hydrogen-bond acceptors (Lipinski definition) is 11. The first-order valence-electron chi connectivity index (χ1n) is 21.9. The van der Waals surface area contributed by atoms with E-state index < -0.39 is 31.4 Å². The monoisotopic (exact) mass is 909 g/mol. The molecule has 16 heteroatoms. The van der Waals surface area contributed by atoms with Gasteiger partial charge in [0.1, 0.15) is 23.0 Å². The molecule has 3 aliphatic heterocycles. The standard InChI is InChI=1S/C48H56ClN7O7S/c1-48(2)19-17-35(42(28-48)33-7-9-36(49)10-8-33)30-54-21-23-55(24-22-54)37-11-15-41(45(26-37)63-39-25-34-18-20-50-46(34)53(3)31-39)47(57)52-64(60,61)40-14-16-43(44(27-40)56(58)59)51-29-32-5-12-38(62-4)13-6-32/h7-11,14-16,18,20,25-27,31-32,38,51H,5-6,12-13,17,19,21-24,28-30H2,1-4H3,(H,52,57). The number of nitrogens with zero attached hydrogens (tertiary/aromatic N) is 5. The molecule has 14 nitrogen and oxygen atoms in total. The van der Waals surface area contributed by atoms with E-state index in [2.05, 4.69) is 50.8 Å². The molecule has 0 spiro atoms. The molecule has 2 N–H and O–H groups in total. The Morgan fingerprint density at radius 3 is 2.44 bits per heavy atom. The molecular formula is C48H56ClN7O7S. The van der Waals surface area contributed by atoms with Crippen LogP contribution in [0.5, 0.6) is 11.5 Å². The smallest absolute Gasteiger partial charge is 0.293 e. The number of carbonyl (C=O) groups is 1. The van der Waals surface area contributed by atoms with Crippen LogP contribution in [0, 0.1) is 21.4 Å². The number of nitrogens with one attached hydrogen (secondary N) is 2. The van der Waals surface area contributed by atoms with Gasteiger partial charge in [-0.05, 0) is 116 Å². The second kappa shape index (κ2) is 18.9. The number of pyridine rings is 1. The van der Waals surface area contributed by atoms with Gasteiger partial charge in [-0.15, -0.1) is 0 Å². The van der Waals surface area contributed by atoms with Gasteiger partial charge in [0.25, 0.3) is 21.6 Å². The molecule has 338 valence electrons. The van der Waals surface area contributed by atoms with E-state index in [0.717, 1.165) is 106 Å². The fourth-order valence-corrected chi connectivity index (χ4v) is 10.4. The largest absolute Gasteiger partial charge is 0.455 e. The Morgan fingerprint density at radius 2 is 1.72 bits per heavy atom. The summed E-state index contributed by atoms with van der Waals surface area (Å²) >= 11 is 6.25. The van der Waals surface area contributed by atoms with E-state index in [-0.39, 0.29) is 28.5 Å². The number of nitro groups is 1. The minimum Gasteiger partial charge on any atom is -0.455 e. The highest BCUT2D eigenvalue weighted by atomic mass is 35.5. The number of nitro benzene ring substituents is 1. The molecular weight excluding hydrogens is 854 g/mol. The fraction of sp³-hybridized carbons (Fsp3) is 0.417. The van der Waals surface area contributed by atoms with E-state index in [1.54, 1.807) is 37.7 Å². The van der Waals surface area contributed by atoms with Gasteiger partial charge in [0, 0.05) is 94.2 Å². The van der Waals surface area contributed by atoms with Crippen LogP contribution >= 0.6 is 11.6 Å². The van der Waals surface area contributed by atoms with Gasteiger partial charge in [0.15, 0.2) is 0 Å². The summed E-state index contributed by atoms with van der Waals surface area (Å²) < 4.78 is 43.4. The number of benzene rings is 3. The van der Waals surface area contributed by atoms with Crippen LogP contribution in [0.1, 0.15) is 74.7 Å². The first-order valence-corrected chi connectivity index (χ1v) is 23.8. The number of ether oxygens (including phenoxy) is 2. The van der Waals surface area contributed by atoms with Gasteiger partial charge in [-0.2, -0.15) is 0 Å². The van der Waals surface area contributed by atoms with Crippen molar-refractivity contribution in [2.24, 2.45) is 18.4 Å². The summed E-state index contributed by atoms with van der Waals surface area (Å²) in [5.41, 5.74) is 5.77. The number of halogens is 1. The topological polar surface area (TPSA) is 161 Å². The van der Waals surface area contributed by atoms with E-state index >= 15 is 0 Å². The highest BCUT2D eigenvalue weighted by Gasteiger charge is 2.31. The minimum atomic E-state index is -4.56. The number of methoxy groups -OCH3 is 1. The van der Waals surface area contributed by atoms with Crippen molar-refractivity contribution in [2.45, 2.75) is 69.8 Å². The SMILES string of the molecule is COC1CCC(CNc2ccc(S(=O)(=O)NC(=O)c3ccc(N4CCN(CC5=C(c6ccc(Cl)cc6)CC(C)(C)CC5)CC4)cc3Oc3cc4ccnc-4n(C)c3)cc2[N+](=O)[O-])CC1. The van der Waals surface area contributed by atoms with Crippen molar-refractivity contribution in [3.8, 4) is 22.9 Å². The summed E-state index contributed by atoms with van der Waals surface area (Å²) in [6.07, 6.45) is 10.5. The number of sulfonamides is 1. The zero-order chi connectivity index (χ0) is 45.2. The van der Waals surface area contributed by atoms with Gasteiger partial charge >= 0.3 is 0 Å². The Morgan fingerprint density at radius 1 is 0.969 bits per heavy atom. The van der Waals surface area contributed by atoms with Crippen molar-refractivity contribution in [1.29, 1.82) is 0 Å². The number of anilines is 2. The lowest BCUT2D eigenvalue weighted by atomic mass is 9.72. The molecule has 2 aliphatic carbocycles. The van der Waals surface area contributed by atoms with Gasteiger partial charge in [-0.25, -0.2) is 18.1 Å². The number of amides is 1. The summed E-state index contributed by atoms with van der Waals surface area (Å²) in [6, 6.07) is 20.6. The molecule has 0 aromatic heterocycles. The summed E-state index contributed by atoms with van der Waals surface area (Å²) in [7, 11) is -1.02. The van der Waals surface area contributed by atoms with Crippen LogP contribution in [-0.4, -0.2) is 86.2 Å². The zero-order valence-electron chi connectivity index (χ0n) is 36.8. The summed E-state index contributed by atoms with van der Waals surface area (Å²) in [5.74, 6) is 0.690. The van der Waals surface area contributed by atoms with Gasteiger partial charge in [-0.3, -0.25) is 19.8 Å². The van der Waals surface area contributed by atoms with Crippen LogP contribution in [0.2, 0.25) is 5.02 Å². The van der Waals surface area contributed by atoms with Crippen LogP contribution in [0.4, 0.5) is 17.1 Å². The maximum atomic E-state index is 14.0. The molecule has 3 heterocycles. The second-order valence-corrected chi connectivity index (χ2v) is 20.2. The van der Waals surface area contributed by atoms with Gasteiger partial charge in [0.05, 0.1) is 21.5 Å². The van der Waals surface area contributed by atoms with Crippen molar-refractivity contribution in [3.05, 3.63) is 117 Å². The number of allylic oxidation sites excluding steroid dienone is 1. The van der Waals surface area contributed by atoms with Crippen LogP contribution in [0.25, 0.3) is 17.0 Å². The molecule has 1 saturated heterocycles. The van der Waals surface area contributed by atoms with E-state index in [1.165, 1.54) is 28.8 Å². The van der Waals surface area contributed by atoms with Crippen molar-refractivity contribution in [3.63, 3.8) is 0 Å². The maximum absolute atomic E-state index is 14.0. The molecule has 8 rings (SSSR count). The normalized spacial score (nSPS) is 19.4. The number of aromatic nitrogens is 2. The fourth-order valence-electron chi connectivity index (χ4n) is 9.29. The number of carbonyl (C=O) groups excluding carboxylic acids is 1. The number of aryl methyl sites for hydroxylation is 1. The average molecular weight is 911 g/mol. The maximum Gasteiger partial charge on any atom is 0.293 e. The van der Waals surface area contributed by atoms with Crippen molar-refractivity contribution < 1.29 is 27.6 Å². The molecule has 0 bridgehead atoms. The third-order valence-electron chi connectivity index (χ3n) is 13.0. The molecule has 3 aromatic carbocycles. The Bertz CT molecular complexity index is 2610. The highest BCUT2D eigenvalue weighted by Crippen LogP contribution is 2.44. The average Bonchev–Trinajstić information content (AvgIpc) is 3.76. The number of hydrogen-bond donors (Lipinski definition) is 2. The van der Waals surface area contributed by atoms with Gasteiger partial charge in [0.2, 0.25) is 0 Å². The van der Waals surface area contributed by atoms with Crippen LogP contribution in [0.15, 0.2) is 95.7 Å². The molecule has 2 fully saturated rings. The third-order valence-corrected chi connectivity index (χ3v) is 14.6. The summed E-state index contributed by atoms with van der Waals surface area (Å²) in [6.45, 7) is 9.17. The van der Waals surface area contributed by atoms with Gasteiger partial charge < -0.3 is 24.3 Å². The first-order chi connectivity index (χ1) is 30.6. The lowest BCUT2D eigenvalue weighted by molar-refractivity contribution is -0.384. The van der Waals surface area contributed by atoms with Crippen LogP contribution < -0.4 is 19.7 Å². The van der Waals surface area contributed by atoms with Crippen LogP contribution in [-0.2, 0) is 21.8 Å². The van der Waals surface area contributed by atoms with Crippen molar-refractivity contribution in [2.75, 3.05) is 56.6 Å². The Hall–Kier alpha value is -5.48. The lowest BCUT2D eigenvalue weighted by Crippen LogP contribution is -2.47. The minimum absolute atomic E-state index is 0.0211. The van der Waals surface area contributed by atoms with Crippen LogP contribution in [0.3, 0.4) is 0 Å². The Kier molecular flexibility index (Phi) is 13.3. The Balaban J connectivity index is 1.00.